The van der Waals surface area contributed by atoms with Crippen molar-refractivity contribution >= 4 is 20.9 Å². The van der Waals surface area contributed by atoms with E-state index in [1.807, 2.05) is 74.5 Å². The van der Waals surface area contributed by atoms with Gasteiger partial charge in [0.15, 0.2) is 0 Å². The second kappa shape index (κ2) is 8.88. The average Bonchev–Trinajstić information content (AvgIpc) is 2.78. The van der Waals surface area contributed by atoms with Crippen LogP contribution in [-0.2, 0) is 10.0 Å². The highest BCUT2D eigenvalue weighted by atomic mass is 32.2. The maximum atomic E-state index is 12.6. The number of nitrogens with zero attached hydrogens (tertiary/aromatic N) is 1. The lowest BCUT2D eigenvalue weighted by atomic mass is 10.1. The number of sulfonamides is 1. The zero-order chi connectivity index (χ0) is 21.8. The first-order valence-corrected chi connectivity index (χ1v) is 11.6. The summed E-state index contributed by atoms with van der Waals surface area (Å²) >= 11 is 0. The van der Waals surface area contributed by atoms with E-state index in [1.54, 1.807) is 24.3 Å². The molecule has 158 valence electrons. The van der Waals surface area contributed by atoms with E-state index in [0.29, 0.717) is 5.75 Å². The Balaban J connectivity index is 1.55. The number of hydrogen-bond donors (Lipinski definition) is 1. The normalized spacial score (nSPS) is 12.6. The third-order valence-electron chi connectivity index (χ3n) is 4.97. The molecule has 0 aliphatic carbocycles. The lowest BCUT2D eigenvalue weighted by Gasteiger charge is -2.18. The Labute approximate surface area is 182 Å². The van der Waals surface area contributed by atoms with Crippen molar-refractivity contribution in [2.45, 2.75) is 24.8 Å². The van der Waals surface area contributed by atoms with Gasteiger partial charge in [-0.25, -0.2) is 18.1 Å². The van der Waals surface area contributed by atoms with Crippen molar-refractivity contribution in [1.29, 1.82) is 0 Å². The van der Waals surface area contributed by atoms with E-state index in [2.05, 4.69) is 4.72 Å². The van der Waals surface area contributed by atoms with Crippen LogP contribution < -0.4 is 9.46 Å². The van der Waals surface area contributed by atoms with E-state index in [0.717, 1.165) is 27.7 Å². The molecular weight excluding hydrogens is 408 g/mol. The molecule has 0 saturated heterocycles. The number of fused-ring (bicyclic) bond motifs is 1. The summed E-state index contributed by atoms with van der Waals surface area (Å²) < 4.78 is 34.0. The van der Waals surface area contributed by atoms with Crippen molar-refractivity contribution in [2.24, 2.45) is 0 Å². The van der Waals surface area contributed by atoms with Crippen LogP contribution in [0.5, 0.6) is 5.75 Å². The number of aryl methyl sites for hydroxylation is 1. The monoisotopic (exact) mass is 432 g/mol. The van der Waals surface area contributed by atoms with Gasteiger partial charge in [-0.15, -0.1) is 0 Å². The molecule has 4 rings (SSSR count). The minimum atomic E-state index is -3.60. The summed E-state index contributed by atoms with van der Waals surface area (Å²) in [6, 6.07) is 26.3. The Morgan fingerprint density at radius 3 is 2.35 bits per heavy atom. The van der Waals surface area contributed by atoms with Crippen LogP contribution in [0, 0.1) is 6.92 Å². The van der Waals surface area contributed by atoms with E-state index in [-0.39, 0.29) is 17.5 Å². The smallest absolute Gasteiger partial charge is 0.240 e. The summed E-state index contributed by atoms with van der Waals surface area (Å²) in [7, 11) is -3.60. The van der Waals surface area contributed by atoms with Crippen molar-refractivity contribution < 1.29 is 13.2 Å². The van der Waals surface area contributed by atoms with E-state index in [1.165, 1.54) is 0 Å². The number of hydrogen-bond acceptors (Lipinski definition) is 4. The minimum absolute atomic E-state index is 0.146. The van der Waals surface area contributed by atoms with Crippen LogP contribution >= 0.6 is 0 Å². The van der Waals surface area contributed by atoms with Crippen LogP contribution in [0.1, 0.15) is 12.5 Å². The molecule has 1 N–H and O–H groups in total. The number of benzene rings is 3. The quantitative estimate of drug-likeness (QED) is 0.448. The van der Waals surface area contributed by atoms with E-state index in [4.69, 9.17) is 9.72 Å². The fourth-order valence-corrected chi connectivity index (χ4v) is 4.40. The fourth-order valence-electron chi connectivity index (χ4n) is 3.28. The van der Waals surface area contributed by atoms with Crippen LogP contribution in [0.25, 0.3) is 22.2 Å². The van der Waals surface area contributed by atoms with Gasteiger partial charge in [0.25, 0.3) is 0 Å². The summed E-state index contributed by atoms with van der Waals surface area (Å²) in [6.45, 7) is 3.91. The lowest BCUT2D eigenvalue weighted by molar-refractivity contribution is 0.228. The lowest BCUT2D eigenvalue weighted by Crippen LogP contribution is -2.33. The Hall–Kier alpha value is -3.22. The third-order valence-corrected chi connectivity index (χ3v) is 6.41. The van der Waals surface area contributed by atoms with Gasteiger partial charge in [0.05, 0.1) is 16.1 Å². The van der Waals surface area contributed by atoms with E-state index >= 15 is 0 Å². The molecule has 0 aliphatic heterocycles. The summed E-state index contributed by atoms with van der Waals surface area (Å²) in [5.74, 6) is 0.673. The highest BCUT2D eigenvalue weighted by Crippen LogP contribution is 2.30. The number of nitrogens with one attached hydrogen (secondary N) is 1. The number of pyridine rings is 1. The summed E-state index contributed by atoms with van der Waals surface area (Å²) in [4.78, 5) is 5.00. The largest absolute Gasteiger partial charge is 0.489 e. The van der Waals surface area contributed by atoms with Gasteiger partial charge in [0.1, 0.15) is 11.9 Å². The molecule has 3 aromatic carbocycles. The second-order valence-electron chi connectivity index (χ2n) is 7.48. The summed E-state index contributed by atoms with van der Waals surface area (Å²) in [5.41, 5.74) is 3.63. The van der Waals surface area contributed by atoms with Gasteiger partial charge < -0.3 is 4.74 Å². The number of aromatic nitrogens is 1. The highest BCUT2D eigenvalue weighted by Gasteiger charge is 2.17. The zero-order valence-electron chi connectivity index (χ0n) is 17.4. The highest BCUT2D eigenvalue weighted by molar-refractivity contribution is 7.89. The first kappa shape index (κ1) is 21.0. The topological polar surface area (TPSA) is 68.3 Å². The number of para-hydroxylation sites is 1. The number of ether oxygens (including phenoxy) is 1. The van der Waals surface area contributed by atoms with Gasteiger partial charge in [0, 0.05) is 23.6 Å². The molecule has 0 bridgehead atoms. The Morgan fingerprint density at radius 2 is 1.61 bits per heavy atom. The van der Waals surface area contributed by atoms with E-state index < -0.39 is 10.0 Å². The maximum absolute atomic E-state index is 12.6. The molecule has 4 aromatic rings. The molecule has 0 aliphatic rings. The Bertz CT molecular complexity index is 1290. The fraction of sp³-hybridized carbons (Fsp3) is 0.160. The zero-order valence-corrected chi connectivity index (χ0v) is 18.3. The molecule has 1 aromatic heterocycles. The molecule has 0 radical (unpaired) electrons. The van der Waals surface area contributed by atoms with Crippen molar-refractivity contribution in [2.75, 3.05) is 6.54 Å². The molecule has 0 amide bonds. The standard InChI is InChI=1S/C25H24N2O3S/c1-18-12-14-21(15-13-18)31(28,29)26-17-19(2)30-25-16-24(20-8-4-3-5-9-20)27-23-11-7-6-10-22(23)25/h3-16,19,26H,17H2,1-2H3. The van der Waals surface area contributed by atoms with Crippen molar-refractivity contribution in [3.63, 3.8) is 0 Å². The van der Waals surface area contributed by atoms with Crippen LogP contribution in [0.4, 0.5) is 0 Å². The molecule has 0 fully saturated rings. The van der Waals surface area contributed by atoms with Crippen molar-refractivity contribution in [3.05, 3.63) is 90.5 Å². The minimum Gasteiger partial charge on any atom is -0.489 e. The van der Waals surface area contributed by atoms with Gasteiger partial charge in [0.2, 0.25) is 10.0 Å². The molecule has 0 saturated carbocycles. The molecule has 1 unspecified atom stereocenters. The molecular formula is C25H24N2O3S. The second-order valence-corrected chi connectivity index (χ2v) is 9.25. The summed E-state index contributed by atoms with van der Waals surface area (Å²) in [6.07, 6.45) is -0.380. The number of rotatable bonds is 7. The molecule has 5 nitrogen and oxygen atoms in total. The predicted molar refractivity (Wildman–Crippen MR) is 124 cm³/mol. The van der Waals surface area contributed by atoms with Gasteiger partial charge in [-0.3, -0.25) is 0 Å². The Morgan fingerprint density at radius 1 is 0.935 bits per heavy atom. The van der Waals surface area contributed by atoms with Gasteiger partial charge in [-0.05, 0) is 38.1 Å². The molecule has 6 heteroatoms. The molecule has 0 spiro atoms. The van der Waals surface area contributed by atoms with E-state index in [9.17, 15) is 8.42 Å². The predicted octanol–water partition coefficient (Wildman–Crippen LogP) is 4.96. The first-order chi connectivity index (χ1) is 14.9. The SMILES string of the molecule is Cc1ccc(S(=O)(=O)NCC(C)Oc2cc(-c3ccccc3)nc3ccccc23)cc1. The maximum Gasteiger partial charge on any atom is 0.240 e. The molecule has 31 heavy (non-hydrogen) atoms. The van der Waals surface area contributed by atoms with Crippen LogP contribution in [0.3, 0.4) is 0 Å². The summed E-state index contributed by atoms with van der Waals surface area (Å²) in [5, 5.41) is 0.885. The average molecular weight is 433 g/mol. The third kappa shape index (κ3) is 4.93. The van der Waals surface area contributed by atoms with Crippen LogP contribution in [-0.4, -0.2) is 26.1 Å². The molecule has 1 heterocycles. The molecule has 1 atom stereocenters. The van der Waals surface area contributed by atoms with Crippen molar-refractivity contribution in [3.8, 4) is 17.0 Å². The first-order valence-electron chi connectivity index (χ1n) is 10.1. The Kier molecular flexibility index (Phi) is 6.02. The van der Waals surface area contributed by atoms with Crippen molar-refractivity contribution in [1.82, 2.24) is 9.71 Å². The van der Waals surface area contributed by atoms with Crippen LogP contribution in [0.15, 0.2) is 89.8 Å². The van der Waals surface area contributed by atoms with Gasteiger partial charge in [-0.2, -0.15) is 0 Å². The van der Waals surface area contributed by atoms with Gasteiger partial charge >= 0.3 is 0 Å². The van der Waals surface area contributed by atoms with Crippen LogP contribution in [0.2, 0.25) is 0 Å². The van der Waals surface area contributed by atoms with Gasteiger partial charge in [-0.1, -0.05) is 60.2 Å².